The third-order valence-electron chi connectivity index (χ3n) is 17.1. The van der Waals surface area contributed by atoms with Crippen molar-refractivity contribution < 1.29 is 0 Å². The highest BCUT2D eigenvalue weighted by Gasteiger charge is 2.54. The lowest BCUT2D eigenvalue weighted by Crippen LogP contribution is -2.58. The van der Waals surface area contributed by atoms with Gasteiger partial charge in [-0.25, -0.2) is 0 Å². The molecule has 0 saturated carbocycles. The number of para-hydroxylation sites is 1. The Morgan fingerprint density at radius 1 is 0.431 bits per heavy atom. The Morgan fingerprint density at radius 3 is 1.74 bits per heavy atom. The van der Waals surface area contributed by atoms with Crippen molar-refractivity contribution in [3.8, 4) is 44.5 Å². The third kappa shape index (κ3) is 5.23. The van der Waals surface area contributed by atoms with Crippen LogP contribution in [-0.4, -0.2) is 6.71 Å². The SMILES string of the molecule is CC1(C)CCC(C)(C)c2cc3c(cc21)N1c2c(cccc2C3(C)C)B2c3c(cc4c(c31)C(C)(C)c1ccccc1-4)-c1ccc(-c3ccccc3)cc1C2c1ccc(-c2ccccc2)cc1. The molecule has 1 nitrogen and oxygen atoms in total. The van der Waals surface area contributed by atoms with Crippen LogP contribution >= 0.6 is 0 Å². The van der Waals surface area contributed by atoms with Crippen LogP contribution in [0.5, 0.6) is 0 Å². The normalized spacial score (nSPS) is 18.9. The highest BCUT2D eigenvalue weighted by Crippen LogP contribution is 2.62. The summed E-state index contributed by atoms with van der Waals surface area (Å²) >= 11 is 0. The van der Waals surface area contributed by atoms with Gasteiger partial charge >= 0.3 is 0 Å². The fraction of sp³-hybridized carbons (Fsp3) is 0.238. The first kappa shape index (κ1) is 39.0. The fourth-order valence-corrected chi connectivity index (χ4v) is 13.5. The molecule has 8 aromatic carbocycles. The molecule has 0 amide bonds. The predicted octanol–water partition coefficient (Wildman–Crippen LogP) is 15.1. The van der Waals surface area contributed by atoms with E-state index in [4.69, 9.17) is 0 Å². The van der Waals surface area contributed by atoms with E-state index in [1.54, 1.807) is 0 Å². The Morgan fingerprint density at radius 2 is 1.03 bits per heavy atom. The molecule has 8 aromatic rings. The molecule has 0 N–H and O–H groups in total. The summed E-state index contributed by atoms with van der Waals surface area (Å²) in [5.41, 5.74) is 28.9. The first-order valence-electron chi connectivity index (χ1n) is 24.1. The largest absolute Gasteiger partial charge is 0.311 e. The molecule has 0 aromatic heterocycles. The number of hydrogen-bond acceptors (Lipinski definition) is 1. The molecular formula is C63H56BN. The van der Waals surface area contributed by atoms with Crippen LogP contribution in [-0.2, 0) is 21.7 Å². The molecule has 1 atom stereocenters. The minimum atomic E-state index is -0.222. The van der Waals surface area contributed by atoms with Crippen molar-refractivity contribution >= 4 is 34.7 Å². The van der Waals surface area contributed by atoms with E-state index in [2.05, 4.69) is 224 Å². The van der Waals surface area contributed by atoms with Crippen LogP contribution in [0.2, 0.25) is 0 Å². The standard InChI is InChI=1S/C63H56BN/c1-60(2)32-33-61(3,4)51-37-54-52(36-50(51)60)62(5,6)49-24-17-25-53-58(49)65(54)59-55-45(44-22-15-16-23-48(44)63(55,7)8)35-47-43-31-30-42(39-20-13-10-14-21-39)34-46(43)56(64(53)57(47)59)41-28-26-40(27-29-41)38-18-11-9-12-19-38/h9-31,34-37,56H,32-33H2,1-8H3. The van der Waals surface area contributed by atoms with Gasteiger partial charge in [-0.2, -0.15) is 0 Å². The quantitative estimate of drug-likeness (QED) is 0.160. The molecule has 0 spiro atoms. The molecule has 0 saturated heterocycles. The van der Waals surface area contributed by atoms with Gasteiger partial charge < -0.3 is 4.90 Å². The molecule has 5 aliphatic rings. The van der Waals surface area contributed by atoms with Crippen LogP contribution in [0, 0.1) is 0 Å². The maximum atomic E-state index is 2.82. The van der Waals surface area contributed by atoms with Gasteiger partial charge in [0.1, 0.15) is 0 Å². The Bertz CT molecular complexity index is 3310. The zero-order chi connectivity index (χ0) is 44.4. The number of fused-ring (bicyclic) bond motifs is 11. The molecule has 0 fully saturated rings. The minimum absolute atomic E-state index is 0.0715. The summed E-state index contributed by atoms with van der Waals surface area (Å²) in [6.07, 6.45) is 2.38. The lowest BCUT2D eigenvalue weighted by molar-refractivity contribution is 0.331. The summed E-state index contributed by atoms with van der Waals surface area (Å²) in [6, 6.07) is 63.4. The zero-order valence-corrected chi connectivity index (χ0v) is 39.1. The second-order valence-electron chi connectivity index (χ2n) is 22.3. The first-order valence-corrected chi connectivity index (χ1v) is 24.1. The molecule has 13 rings (SSSR count). The van der Waals surface area contributed by atoms with Crippen molar-refractivity contribution in [2.24, 2.45) is 0 Å². The maximum Gasteiger partial charge on any atom is 0.227 e. The van der Waals surface area contributed by atoms with Crippen LogP contribution in [0.1, 0.15) is 119 Å². The highest BCUT2D eigenvalue weighted by atomic mass is 15.2. The molecule has 2 aliphatic carbocycles. The topological polar surface area (TPSA) is 3.24 Å². The Hall–Kier alpha value is -6.38. The zero-order valence-electron chi connectivity index (χ0n) is 39.1. The van der Waals surface area contributed by atoms with Crippen molar-refractivity contribution in [1.29, 1.82) is 0 Å². The van der Waals surface area contributed by atoms with Crippen LogP contribution < -0.4 is 15.8 Å². The van der Waals surface area contributed by atoms with Crippen LogP contribution in [0.15, 0.2) is 164 Å². The van der Waals surface area contributed by atoms with Crippen LogP contribution in [0.4, 0.5) is 17.1 Å². The van der Waals surface area contributed by atoms with Crippen molar-refractivity contribution in [2.75, 3.05) is 4.90 Å². The third-order valence-corrected chi connectivity index (χ3v) is 17.1. The summed E-state index contributed by atoms with van der Waals surface area (Å²) < 4.78 is 0. The van der Waals surface area contributed by atoms with Gasteiger partial charge in [-0.3, -0.25) is 0 Å². The van der Waals surface area contributed by atoms with E-state index >= 15 is 0 Å². The number of hydrogen-bond donors (Lipinski definition) is 0. The Balaban J connectivity index is 1.17. The van der Waals surface area contributed by atoms with E-state index in [-0.39, 0.29) is 34.2 Å². The maximum absolute atomic E-state index is 2.82. The first-order chi connectivity index (χ1) is 31.3. The second-order valence-corrected chi connectivity index (χ2v) is 22.3. The van der Waals surface area contributed by atoms with Crippen molar-refractivity contribution in [3.05, 3.63) is 208 Å². The summed E-state index contributed by atoms with van der Waals surface area (Å²) in [5, 5.41) is 0. The lowest BCUT2D eigenvalue weighted by atomic mass is 9.27. The molecule has 0 radical (unpaired) electrons. The van der Waals surface area contributed by atoms with Gasteiger partial charge in [0.15, 0.2) is 0 Å². The average molecular weight is 838 g/mol. The van der Waals surface area contributed by atoms with Gasteiger partial charge in [0, 0.05) is 22.2 Å². The van der Waals surface area contributed by atoms with E-state index in [1.807, 2.05) is 0 Å². The molecule has 65 heavy (non-hydrogen) atoms. The lowest BCUT2D eigenvalue weighted by Gasteiger charge is -2.52. The molecule has 1 unspecified atom stereocenters. The van der Waals surface area contributed by atoms with Gasteiger partial charge in [0.2, 0.25) is 6.71 Å². The number of rotatable bonds is 3. The van der Waals surface area contributed by atoms with Crippen LogP contribution in [0.25, 0.3) is 44.5 Å². The van der Waals surface area contributed by atoms with Crippen molar-refractivity contribution in [2.45, 2.75) is 95.7 Å². The van der Waals surface area contributed by atoms with Crippen molar-refractivity contribution in [3.63, 3.8) is 0 Å². The molecule has 0 bridgehead atoms. The van der Waals surface area contributed by atoms with E-state index < -0.39 is 0 Å². The molecule has 3 aliphatic heterocycles. The molecule has 316 valence electrons. The molecular weight excluding hydrogens is 782 g/mol. The number of benzene rings is 8. The van der Waals surface area contributed by atoms with E-state index in [9.17, 15) is 0 Å². The molecule has 2 heteroatoms. The Labute approximate surface area is 386 Å². The summed E-state index contributed by atoms with van der Waals surface area (Å²) in [6.45, 7) is 20.0. The fourth-order valence-electron chi connectivity index (χ4n) is 13.5. The smallest absolute Gasteiger partial charge is 0.227 e. The Kier molecular flexibility index (Phi) is 7.88. The second kappa shape index (κ2) is 13.1. The van der Waals surface area contributed by atoms with Gasteiger partial charge in [-0.15, -0.1) is 0 Å². The van der Waals surface area contributed by atoms with Crippen LogP contribution in [0.3, 0.4) is 0 Å². The summed E-state index contributed by atoms with van der Waals surface area (Å²) in [7, 11) is 0. The number of anilines is 3. The average Bonchev–Trinajstić information content (AvgIpc) is 3.55. The van der Waals surface area contributed by atoms with E-state index in [0.717, 1.165) is 0 Å². The summed E-state index contributed by atoms with van der Waals surface area (Å²) in [5.74, 6) is 0.0797. The van der Waals surface area contributed by atoms with Crippen molar-refractivity contribution in [1.82, 2.24) is 0 Å². The highest BCUT2D eigenvalue weighted by molar-refractivity contribution is 6.91. The van der Waals surface area contributed by atoms with Gasteiger partial charge in [-0.1, -0.05) is 207 Å². The minimum Gasteiger partial charge on any atom is -0.311 e. The summed E-state index contributed by atoms with van der Waals surface area (Å²) in [4.78, 5) is 2.82. The number of nitrogens with zero attached hydrogens (tertiary/aromatic N) is 1. The van der Waals surface area contributed by atoms with E-state index in [0.29, 0.717) is 0 Å². The molecule has 3 heterocycles. The van der Waals surface area contributed by atoms with Gasteiger partial charge in [-0.05, 0) is 142 Å². The van der Waals surface area contributed by atoms with E-state index in [1.165, 1.54) is 130 Å². The van der Waals surface area contributed by atoms with Gasteiger partial charge in [0.25, 0.3) is 0 Å². The monoisotopic (exact) mass is 837 g/mol. The predicted molar refractivity (Wildman–Crippen MR) is 276 cm³/mol. The van der Waals surface area contributed by atoms with Gasteiger partial charge in [0.05, 0.1) is 5.69 Å².